The van der Waals surface area contributed by atoms with Gasteiger partial charge < -0.3 is 15.5 Å². The molecule has 26 heavy (non-hydrogen) atoms. The van der Waals surface area contributed by atoms with Crippen molar-refractivity contribution in [2.75, 3.05) is 11.9 Å². The SMILES string of the molecule is O=C1CCCN1Cc1ccccc1CNC(=S)Nc1c(F)cccc1F. The van der Waals surface area contributed by atoms with Crippen molar-refractivity contribution in [2.24, 2.45) is 0 Å². The van der Waals surface area contributed by atoms with Crippen molar-refractivity contribution in [3.63, 3.8) is 0 Å². The van der Waals surface area contributed by atoms with Gasteiger partial charge in [-0.25, -0.2) is 8.78 Å². The zero-order chi connectivity index (χ0) is 18.5. The van der Waals surface area contributed by atoms with Crippen LogP contribution in [0.2, 0.25) is 0 Å². The second-order valence-corrected chi connectivity index (χ2v) is 6.50. The number of carbonyl (C=O) groups excluding carboxylic acids is 1. The van der Waals surface area contributed by atoms with Gasteiger partial charge in [-0.15, -0.1) is 0 Å². The Labute approximate surface area is 156 Å². The second-order valence-electron chi connectivity index (χ2n) is 6.09. The monoisotopic (exact) mass is 375 g/mol. The normalized spacial score (nSPS) is 13.8. The number of halogens is 2. The number of hydrogen-bond donors (Lipinski definition) is 2. The van der Waals surface area contributed by atoms with Gasteiger partial charge in [0.25, 0.3) is 0 Å². The molecule has 0 atom stereocenters. The second kappa shape index (κ2) is 8.23. The number of thiocarbonyl (C=S) groups is 1. The summed E-state index contributed by atoms with van der Waals surface area (Å²) in [5.74, 6) is -1.25. The quantitative estimate of drug-likeness (QED) is 0.785. The van der Waals surface area contributed by atoms with Gasteiger partial charge in [-0.2, -0.15) is 0 Å². The molecule has 0 saturated carbocycles. The average Bonchev–Trinajstić information content (AvgIpc) is 3.02. The van der Waals surface area contributed by atoms with Crippen LogP contribution in [0.1, 0.15) is 24.0 Å². The minimum atomic E-state index is -0.706. The average molecular weight is 375 g/mol. The number of nitrogens with one attached hydrogen (secondary N) is 2. The van der Waals surface area contributed by atoms with Gasteiger partial charge in [0.1, 0.15) is 17.3 Å². The number of para-hydroxylation sites is 1. The third-order valence-corrected chi connectivity index (χ3v) is 4.54. The van der Waals surface area contributed by atoms with Crippen LogP contribution >= 0.6 is 12.2 Å². The topological polar surface area (TPSA) is 44.4 Å². The summed E-state index contributed by atoms with van der Waals surface area (Å²) >= 11 is 5.14. The summed E-state index contributed by atoms with van der Waals surface area (Å²) in [7, 11) is 0. The number of hydrogen-bond acceptors (Lipinski definition) is 2. The van der Waals surface area contributed by atoms with Gasteiger partial charge in [0.15, 0.2) is 5.11 Å². The first kappa shape index (κ1) is 18.3. The smallest absolute Gasteiger partial charge is 0.222 e. The molecular weight excluding hydrogens is 356 g/mol. The molecule has 0 spiro atoms. The van der Waals surface area contributed by atoms with Crippen LogP contribution in [-0.2, 0) is 17.9 Å². The summed E-state index contributed by atoms with van der Waals surface area (Å²) in [6.45, 7) is 1.71. The Morgan fingerprint density at radius 1 is 1.08 bits per heavy atom. The van der Waals surface area contributed by atoms with Gasteiger partial charge in [0.2, 0.25) is 5.91 Å². The number of likely N-dealkylation sites (tertiary alicyclic amines) is 1. The summed E-state index contributed by atoms with van der Waals surface area (Å²) in [4.78, 5) is 13.7. The molecule has 1 aliphatic heterocycles. The van der Waals surface area contributed by atoms with E-state index >= 15 is 0 Å². The Balaban J connectivity index is 1.62. The van der Waals surface area contributed by atoms with E-state index in [0.717, 1.165) is 36.2 Å². The first-order valence-electron chi connectivity index (χ1n) is 8.38. The highest BCUT2D eigenvalue weighted by molar-refractivity contribution is 7.80. The zero-order valence-corrected chi connectivity index (χ0v) is 14.9. The van der Waals surface area contributed by atoms with Crippen LogP contribution in [0.5, 0.6) is 0 Å². The molecule has 3 rings (SSSR count). The minimum Gasteiger partial charge on any atom is -0.358 e. The highest BCUT2D eigenvalue weighted by Gasteiger charge is 2.20. The number of carbonyl (C=O) groups is 1. The number of rotatable bonds is 5. The predicted molar refractivity (Wildman–Crippen MR) is 101 cm³/mol. The Morgan fingerprint density at radius 3 is 2.42 bits per heavy atom. The molecule has 1 fully saturated rings. The van der Waals surface area contributed by atoms with E-state index < -0.39 is 11.6 Å². The zero-order valence-electron chi connectivity index (χ0n) is 14.1. The standard InChI is InChI=1S/C19H19F2N3OS/c20-15-7-3-8-16(21)18(15)23-19(26)22-11-13-5-1-2-6-14(13)12-24-10-4-9-17(24)25/h1-3,5-8H,4,9-12H2,(H2,22,23,26). The Hall–Kier alpha value is -2.54. The summed E-state index contributed by atoms with van der Waals surface area (Å²) < 4.78 is 27.3. The molecule has 2 aromatic carbocycles. The molecule has 0 radical (unpaired) electrons. The van der Waals surface area contributed by atoms with E-state index in [9.17, 15) is 13.6 Å². The van der Waals surface area contributed by atoms with Crippen LogP contribution in [0.4, 0.5) is 14.5 Å². The van der Waals surface area contributed by atoms with E-state index in [1.165, 1.54) is 6.07 Å². The van der Waals surface area contributed by atoms with Crippen molar-refractivity contribution in [1.82, 2.24) is 10.2 Å². The van der Waals surface area contributed by atoms with Gasteiger partial charge in [-0.3, -0.25) is 4.79 Å². The van der Waals surface area contributed by atoms with Crippen molar-refractivity contribution in [1.29, 1.82) is 0 Å². The first-order chi connectivity index (χ1) is 12.5. The summed E-state index contributed by atoms with van der Waals surface area (Å²) in [6.07, 6.45) is 1.49. The molecule has 7 heteroatoms. The molecule has 2 aromatic rings. The van der Waals surface area contributed by atoms with Crippen molar-refractivity contribution in [2.45, 2.75) is 25.9 Å². The summed E-state index contributed by atoms with van der Waals surface area (Å²) in [6, 6.07) is 11.4. The number of nitrogens with zero attached hydrogens (tertiary/aromatic N) is 1. The Kier molecular flexibility index (Phi) is 5.78. The highest BCUT2D eigenvalue weighted by Crippen LogP contribution is 2.19. The minimum absolute atomic E-state index is 0.126. The molecule has 136 valence electrons. The fraction of sp³-hybridized carbons (Fsp3) is 0.263. The lowest BCUT2D eigenvalue weighted by molar-refractivity contribution is -0.128. The van der Waals surface area contributed by atoms with Crippen LogP contribution in [0.25, 0.3) is 0 Å². The third-order valence-electron chi connectivity index (χ3n) is 4.29. The van der Waals surface area contributed by atoms with Gasteiger partial charge in [-0.1, -0.05) is 30.3 Å². The number of amides is 1. The largest absolute Gasteiger partial charge is 0.358 e. The molecule has 0 aliphatic carbocycles. The van der Waals surface area contributed by atoms with Crippen LogP contribution in [-0.4, -0.2) is 22.5 Å². The van der Waals surface area contributed by atoms with Crippen LogP contribution < -0.4 is 10.6 Å². The summed E-state index contributed by atoms with van der Waals surface area (Å²) in [5.41, 5.74) is 1.72. The van der Waals surface area contributed by atoms with Crippen LogP contribution in [0, 0.1) is 11.6 Å². The van der Waals surface area contributed by atoms with Crippen molar-refractivity contribution in [3.05, 3.63) is 65.2 Å². The number of benzene rings is 2. The predicted octanol–water partition coefficient (Wildman–Crippen LogP) is 3.57. The lowest BCUT2D eigenvalue weighted by Gasteiger charge is -2.19. The molecule has 2 N–H and O–H groups in total. The van der Waals surface area contributed by atoms with Gasteiger partial charge in [0, 0.05) is 26.1 Å². The molecule has 1 saturated heterocycles. The maximum atomic E-state index is 13.7. The fourth-order valence-corrected chi connectivity index (χ4v) is 3.09. The lowest BCUT2D eigenvalue weighted by atomic mass is 10.1. The molecule has 4 nitrogen and oxygen atoms in total. The van der Waals surface area contributed by atoms with E-state index in [1.54, 1.807) is 0 Å². The van der Waals surface area contributed by atoms with E-state index in [0.29, 0.717) is 19.5 Å². The highest BCUT2D eigenvalue weighted by atomic mass is 32.1. The van der Waals surface area contributed by atoms with E-state index in [2.05, 4.69) is 10.6 Å². The maximum absolute atomic E-state index is 13.7. The molecule has 0 bridgehead atoms. The van der Waals surface area contributed by atoms with E-state index in [1.807, 2.05) is 29.2 Å². The molecular formula is C19H19F2N3OS. The van der Waals surface area contributed by atoms with Gasteiger partial charge >= 0.3 is 0 Å². The Morgan fingerprint density at radius 2 is 1.77 bits per heavy atom. The molecule has 1 heterocycles. The maximum Gasteiger partial charge on any atom is 0.222 e. The molecule has 0 unspecified atom stereocenters. The first-order valence-corrected chi connectivity index (χ1v) is 8.79. The lowest BCUT2D eigenvalue weighted by Crippen LogP contribution is -2.30. The van der Waals surface area contributed by atoms with E-state index in [4.69, 9.17) is 12.2 Å². The van der Waals surface area contributed by atoms with E-state index in [-0.39, 0.29) is 16.7 Å². The van der Waals surface area contributed by atoms with Gasteiger partial charge in [0.05, 0.1) is 0 Å². The Bertz CT molecular complexity index is 808. The van der Waals surface area contributed by atoms with Crippen LogP contribution in [0.3, 0.4) is 0 Å². The number of anilines is 1. The fourth-order valence-electron chi connectivity index (χ4n) is 2.91. The van der Waals surface area contributed by atoms with Crippen molar-refractivity contribution < 1.29 is 13.6 Å². The molecule has 0 aromatic heterocycles. The molecule has 1 amide bonds. The molecule has 1 aliphatic rings. The van der Waals surface area contributed by atoms with Gasteiger partial charge in [-0.05, 0) is 41.9 Å². The third kappa shape index (κ3) is 4.35. The van der Waals surface area contributed by atoms with Crippen LogP contribution in [0.15, 0.2) is 42.5 Å². The van der Waals surface area contributed by atoms with Crippen molar-refractivity contribution in [3.8, 4) is 0 Å². The van der Waals surface area contributed by atoms with Crippen molar-refractivity contribution >= 4 is 28.9 Å². The summed E-state index contributed by atoms with van der Waals surface area (Å²) in [5, 5.41) is 5.64.